The number of carboxylic acids is 1. The zero-order valence-electron chi connectivity index (χ0n) is 12.5. The molecule has 1 fully saturated rings. The number of rotatable bonds is 2. The molecule has 1 saturated heterocycles. The smallest absolute Gasteiger partial charge is 0.308 e. The lowest BCUT2D eigenvalue weighted by Gasteiger charge is -2.31. The fourth-order valence-electron chi connectivity index (χ4n) is 2.97. The van der Waals surface area contributed by atoms with Crippen LogP contribution in [-0.4, -0.2) is 34.6 Å². The van der Waals surface area contributed by atoms with Crippen molar-refractivity contribution in [1.29, 1.82) is 0 Å². The van der Waals surface area contributed by atoms with Crippen molar-refractivity contribution in [3.8, 4) is 0 Å². The van der Waals surface area contributed by atoms with E-state index in [0.29, 0.717) is 6.54 Å². The van der Waals surface area contributed by atoms with Gasteiger partial charge in [0.1, 0.15) is 0 Å². The lowest BCUT2D eigenvalue weighted by Crippen LogP contribution is -2.40. The Balaban J connectivity index is 2.35. The van der Waals surface area contributed by atoms with Crippen LogP contribution in [0.4, 0.5) is 0 Å². The molecule has 1 aliphatic rings. The van der Waals surface area contributed by atoms with Crippen LogP contribution in [0.2, 0.25) is 0 Å². The van der Waals surface area contributed by atoms with Gasteiger partial charge in [-0.2, -0.15) is 0 Å². The van der Waals surface area contributed by atoms with Crippen LogP contribution in [0, 0.1) is 12.8 Å². The maximum Gasteiger partial charge on any atom is 0.308 e. The van der Waals surface area contributed by atoms with Gasteiger partial charge in [-0.15, -0.1) is 0 Å². The molecule has 2 rings (SSSR count). The fourth-order valence-corrected chi connectivity index (χ4v) is 3.45. The standard InChI is InChI=1S/C16H22BrNO2/c1-10-7-11(17)5-6-12(10)13-8-18(16(2,3)4)9-14(13)15(19)20/h5-7,13-14H,8-9H2,1-4H3,(H,19,20)/t13-,14+/m0/s1. The maximum absolute atomic E-state index is 11.6. The van der Waals surface area contributed by atoms with Crippen LogP contribution in [0.3, 0.4) is 0 Å². The summed E-state index contributed by atoms with van der Waals surface area (Å²) in [4.78, 5) is 13.9. The summed E-state index contributed by atoms with van der Waals surface area (Å²) in [7, 11) is 0. The highest BCUT2D eigenvalue weighted by Gasteiger charge is 2.42. The van der Waals surface area contributed by atoms with Crippen LogP contribution < -0.4 is 0 Å². The second-order valence-electron chi connectivity index (χ2n) is 6.63. The predicted octanol–water partition coefficient (Wildman–Crippen LogP) is 3.66. The van der Waals surface area contributed by atoms with Gasteiger partial charge >= 0.3 is 5.97 Å². The van der Waals surface area contributed by atoms with Gasteiger partial charge in [-0.3, -0.25) is 9.69 Å². The molecule has 0 radical (unpaired) electrons. The second-order valence-corrected chi connectivity index (χ2v) is 7.54. The van der Waals surface area contributed by atoms with Gasteiger partial charge in [0.2, 0.25) is 0 Å². The first-order valence-electron chi connectivity index (χ1n) is 6.94. The molecule has 0 unspecified atom stereocenters. The number of aliphatic carboxylic acids is 1. The topological polar surface area (TPSA) is 40.5 Å². The minimum atomic E-state index is -0.691. The summed E-state index contributed by atoms with van der Waals surface area (Å²) >= 11 is 3.47. The third-order valence-corrected chi connectivity index (χ3v) is 4.71. The lowest BCUT2D eigenvalue weighted by molar-refractivity contribution is -0.141. The summed E-state index contributed by atoms with van der Waals surface area (Å²) < 4.78 is 1.04. The summed E-state index contributed by atoms with van der Waals surface area (Å²) in [5, 5.41) is 9.54. The molecule has 0 aromatic heterocycles. The van der Waals surface area contributed by atoms with Gasteiger partial charge in [0.15, 0.2) is 0 Å². The molecular formula is C16H22BrNO2. The molecular weight excluding hydrogens is 318 g/mol. The number of hydrogen-bond acceptors (Lipinski definition) is 2. The molecule has 1 aromatic rings. The molecule has 0 aliphatic carbocycles. The van der Waals surface area contributed by atoms with Gasteiger partial charge < -0.3 is 5.11 Å². The largest absolute Gasteiger partial charge is 0.481 e. The highest BCUT2D eigenvalue weighted by Crippen LogP contribution is 2.38. The third-order valence-electron chi connectivity index (χ3n) is 4.22. The van der Waals surface area contributed by atoms with Crippen LogP contribution in [0.1, 0.15) is 37.8 Å². The number of carbonyl (C=O) groups is 1. The highest BCUT2D eigenvalue weighted by molar-refractivity contribution is 9.10. The zero-order chi connectivity index (χ0) is 15.1. The van der Waals surface area contributed by atoms with Crippen molar-refractivity contribution in [2.45, 2.75) is 39.2 Å². The van der Waals surface area contributed by atoms with Crippen LogP contribution in [0.5, 0.6) is 0 Å². The first kappa shape index (κ1) is 15.5. The molecule has 20 heavy (non-hydrogen) atoms. The summed E-state index contributed by atoms with van der Waals surface area (Å²) in [5.41, 5.74) is 2.32. The Kier molecular flexibility index (Phi) is 4.26. The van der Waals surface area contributed by atoms with E-state index in [9.17, 15) is 9.90 Å². The Morgan fingerprint density at radius 1 is 1.35 bits per heavy atom. The van der Waals surface area contributed by atoms with Crippen LogP contribution in [0.15, 0.2) is 22.7 Å². The number of nitrogens with zero attached hydrogens (tertiary/aromatic N) is 1. The number of aryl methyl sites for hydroxylation is 1. The van der Waals surface area contributed by atoms with E-state index in [1.54, 1.807) is 0 Å². The van der Waals surface area contributed by atoms with E-state index < -0.39 is 5.97 Å². The molecule has 3 nitrogen and oxygen atoms in total. The van der Waals surface area contributed by atoms with Crippen molar-refractivity contribution < 1.29 is 9.90 Å². The van der Waals surface area contributed by atoms with E-state index >= 15 is 0 Å². The first-order chi connectivity index (χ1) is 9.20. The van der Waals surface area contributed by atoms with Crippen molar-refractivity contribution in [2.75, 3.05) is 13.1 Å². The van der Waals surface area contributed by atoms with E-state index in [0.717, 1.165) is 22.1 Å². The Morgan fingerprint density at radius 3 is 2.50 bits per heavy atom. The van der Waals surface area contributed by atoms with Gasteiger partial charge in [0.25, 0.3) is 0 Å². The molecule has 0 amide bonds. The molecule has 4 heteroatoms. The third kappa shape index (κ3) is 3.07. The van der Waals surface area contributed by atoms with Crippen molar-refractivity contribution >= 4 is 21.9 Å². The Bertz CT molecular complexity index is 522. The number of carboxylic acid groups (broad SMARTS) is 1. The Labute approximate surface area is 129 Å². The minimum absolute atomic E-state index is 0.00567. The van der Waals surface area contributed by atoms with Gasteiger partial charge in [-0.1, -0.05) is 22.0 Å². The normalized spacial score (nSPS) is 24.1. The predicted molar refractivity (Wildman–Crippen MR) is 84.1 cm³/mol. The summed E-state index contributed by atoms with van der Waals surface area (Å²) in [5.74, 6) is -0.946. The van der Waals surface area contributed by atoms with Crippen molar-refractivity contribution in [2.24, 2.45) is 5.92 Å². The van der Waals surface area contributed by atoms with E-state index in [4.69, 9.17) is 0 Å². The molecule has 0 bridgehead atoms. The van der Waals surface area contributed by atoms with Gasteiger partial charge in [-0.05, 0) is 51.0 Å². The van der Waals surface area contributed by atoms with Crippen molar-refractivity contribution in [3.05, 3.63) is 33.8 Å². The van der Waals surface area contributed by atoms with Gasteiger partial charge in [-0.25, -0.2) is 0 Å². The molecule has 110 valence electrons. The second kappa shape index (κ2) is 5.49. The van der Waals surface area contributed by atoms with E-state index in [1.807, 2.05) is 6.07 Å². The average Bonchev–Trinajstić information content (AvgIpc) is 2.73. The van der Waals surface area contributed by atoms with E-state index in [1.165, 1.54) is 0 Å². The fraction of sp³-hybridized carbons (Fsp3) is 0.562. The molecule has 2 atom stereocenters. The summed E-state index contributed by atoms with van der Waals surface area (Å²) in [6.45, 7) is 9.91. The monoisotopic (exact) mass is 339 g/mol. The zero-order valence-corrected chi connectivity index (χ0v) is 14.1. The van der Waals surface area contributed by atoms with E-state index in [-0.39, 0.29) is 17.4 Å². The molecule has 1 heterocycles. The van der Waals surface area contributed by atoms with Crippen molar-refractivity contribution in [3.63, 3.8) is 0 Å². The Hall–Kier alpha value is -0.870. The number of hydrogen-bond donors (Lipinski definition) is 1. The van der Waals surface area contributed by atoms with Gasteiger partial charge in [0.05, 0.1) is 5.92 Å². The van der Waals surface area contributed by atoms with Crippen LogP contribution in [0.25, 0.3) is 0 Å². The molecule has 0 spiro atoms. The van der Waals surface area contributed by atoms with Crippen LogP contribution in [-0.2, 0) is 4.79 Å². The molecule has 1 aromatic carbocycles. The van der Waals surface area contributed by atoms with Crippen molar-refractivity contribution in [1.82, 2.24) is 4.90 Å². The van der Waals surface area contributed by atoms with E-state index in [2.05, 4.69) is 60.7 Å². The molecule has 1 N–H and O–H groups in total. The SMILES string of the molecule is Cc1cc(Br)ccc1[C@@H]1CN(C(C)(C)C)C[C@H]1C(=O)O. The maximum atomic E-state index is 11.6. The average molecular weight is 340 g/mol. The first-order valence-corrected chi connectivity index (χ1v) is 7.73. The lowest BCUT2D eigenvalue weighted by atomic mass is 9.86. The molecule has 1 aliphatic heterocycles. The number of halogens is 1. The van der Waals surface area contributed by atoms with Gasteiger partial charge in [0, 0.05) is 29.0 Å². The Morgan fingerprint density at radius 2 is 2.00 bits per heavy atom. The summed E-state index contributed by atoms with van der Waals surface area (Å²) in [6.07, 6.45) is 0. The number of benzene rings is 1. The minimum Gasteiger partial charge on any atom is -0.481 e. The quantitative estimate of drug-likeness (QED) is 0.893. The number of likely N-dealkylation sites (tertiary alicyclic amines) is 1. The highest BCUT2D eigenvalue weighted by atomic mass is 79.9. The summed E-state index contributed by atoms with van der Waals surface area (Å²) in [6, 6.07) is 6.13. The van der Waals surface area contributed by atoms with Crippen LogP contribution >= 0.6 is 15.9 Å². The molecule has 0 saturated carbocycles.